The van der Waals surface area contributed by atoms with Crippen molar-refractivity contribution in [3.05, 3.63) is 22.6 Å². The minimum Gasteiger partial charge on any atom is -0.452 e. The highest BCUT2D eigenvalue weighted by molar-refractivity contribution is 9.10. The molecular formula is C13H19BrN2O2. The highest BCUT2D eigenvalue weighted by Gasteiger charge is 2.42. The van der Waals surface area contributed by atoms with Gasteiger partial charge in [0.05, 0.1) is 0 Å². The van der Waals surface area contributed by atoms with E-state index in [1.807, 2.05) is 37.8 Å². The predicted octanol–water partition coefficient (Wildman–Crippen LogP) is 2.83. The fraction of sp³-hybridized carbons (Fsp3) is 0.615. The Bertz CT molecular complexity index is 450. The maximum Gasteiger partial charge on any atom is 0.223 e. The van der Waals surface area contributed by atoms with E-state index in [1.165, 1.54) is 0 Å². The van der Waals surface area contributed by atoms with E-state index < -0.39 is 0 Å². The Morgan fingerprint density at radius 2 is 2.11 bits per heavy atom. The fourth-order valence-corrected chi connectivity index (χ4v) is 2.85. The van der Waals surface area contributed by atoms with E-state index in [-0.39, 0.29) is 23.5 Å². The van der Waals surface area contributed by atoms with Gasteiger partial charge in [-0.3, -0.25) is 4.79 Å². The van der Waals surface area contributed by atoms with Gasteiger partial charge in [-0.2, -0.15) is 0 Å². The molecule has 18 heavy (non-hydrogen) atoms. The summed E-state index contributed by atoms with van der Waals surface area (Å²) < 4.78 is 6.27. The summed E-state index contributed by atoms with van der Waals surface area (Å²) in [5, 5.41) is 0. The van der Waals surface area contributed by atoms with Crippen molar-refractivity contribution >= 4 is 21.8 Å². The second-order valence-corrected chi connectivity index (χ2v) is 6.51. The van der Waals surface area contributed by atoms with Crippen molar-refractivity contribution < 1.29 is 9.21 Å². The molecule has 1 aromatic heterocycles. The lowest BCUT2D eigenvalue weighted by Crippen LogP contribution is -2.56. The molecule has 1 saturated heterocycles. The summed E-state index contributed by atoms with van der Waals surface area (Å²) in [6.07, 6.45) is 1.21. The molecule has 2 N–H and O–H groups in total. The molecule has 0 aromatic carbocycles. The van der Waals surface area contributed by atoms with Gasteiger partial charge in [0.2, 0.25) is 5.91 Å². The number of furan rings is 1. The summed E-state index contributed by atoms with van der Waals surface area (Å²) in [6.45, 7) is 6.07. The molecule has 100 valence electrons. The number of hydrogen-bond acceptors (Lipinski definition) is 3. The molecule has 1 fully saturated rings. The van der Waals surface area contributed by atoms with Gasteiger partial charge < -0.3 is 15.1 Å². The van der Waals surface area contributed by atoms with Crippen LogP contribution in [0.2, 0.25) is 0 Å². The third kappa shape index (κ3) is 2.47. The molecule has 5 heteroatoms. The van der Waals surface area contributed by atoms with Crippen molar-refractivity contribution in [2.45, 2.75) is 51.2 Å². The lowest BCUT2D eigenvalue weighted by atomic mass is 9.89. The topological polar surface area (TPSA) is 59.5 Å². The third-order valence-corrected chi connectivity index (χ3v) is 3.68. The number of carbonyl (C=O) groups is 1. The normalized spacial score (nSPS) is 25.6. The van der Waals surface area contributed by atoms with Crippen LogP contribution in [-0.4, -0.2) is 22.4 Å². The van der Waals surface area contributed by atoms with Crippen LogP contribution in [0.3, 0.4) is 0 Å². The first kappa shape index (κ1) is 13.6. The quantitative estimate of drug-likeness (QED) is 0.867. The molecule has 4 nitrogen and oxygen atoms in total. The van der Waals surface area contributed by atoms with E-state index in [1.54, 1.807) is 0 Å². The van der Waals surface area contributed by atoms with Gasteiger partial charge in [0.15, 0.2) is 4.67 Å². The molecule has 0 saturated carbocycles. The molecule has 2 rings (SSSR count). The standard InChI is InChI=1S/C13H19BrN2O2/c1-13(2,3)16-11(17)7-4-8(15)12(16)9-5-6-10(14)18-9/h5-6,8,12H,4,7,15H2,1-3H3. The Morgan fingerprint density at radius 3 is 2.61 bits per heavy atom. The summed E-state index contributed by atoms with van der Waals surface area (Å²) in [5.74, 6) is 0.888. The van der Waals surface area contributed by atoms with Gasteiger partial charge in [-0.25, -0.2) is 0 Å². The Balaban J connectivity index is 2.41. The minimum atomic E-state index is -0.265. The van der Waals surface area contributed by atoms with Crippen LogP contribution >= 0.6 is 15.9 Å². The van der Waals surface area contributed by atoms with Crippen LogP contribution in [0.4, 0.5) is 0 Å². The van der Waals surface area contributed by atoms with E-state index >= 15 is 0 Å². The Kier molecular flexibility index (Phi) is 3.56. The highest BCUT2D eigenvalue weighted by atomic mass is 79.9. The second kappa shape index (κ2) is 4.70. The van der Waals surface area contributed by atoms with Gasteiger partial charge in [-0.05, 0) is 55.3 Å². The summed E-state index contributed by atoms with van der Waals surface area (Å²) in [5.41, 5.74) is 5.94. The molecule has 1 amide bonds. The Morgan fingerprint density at radius 1 is 1.44 bits per heavy atom. The maximum atomic E-state index is 12.2. The van der Waals surface area contributed by atoms with Crippen LogP contribution in [0.5, 0.6) is 0 Å². The zero-order chi connectivity index (χ0) is 13.5. The van der Waals surface area contributed by atoms with Crippen molar-refractivity contribution in [2.24, 2.45) is 5.73 Å². The SMILES string of the molecule is CC(C)(C)N1C(=O)CCC(N)C1c1ccc(Br)o1. The van der Waals surface area contributed by atoms with Gasteiger partial charge in [0.25, 0.3) is 0 Å². The number of nitrogens with two attached hydrogens (primary N) is 1. The van der Waals surface area contributed by atoms with E-state index in [0.29, 0.717) is 17.5 Å². The number of hydrogen-bond donors (Lipinski definition) is 1. The highest BCUT2D eigenvalue weighted by Crippen LogP contribution is 2.37. The summed E-state index contributed by atoms with van der Waals surface area (Å²) >= 11 is 3.29. The van der Waals surface area contributed by atoms with Crippen LogP contribution in [0.1, 0.15) is 45.4 Å². The van der Waals surface area contributed by atoms with Gasteiger partial charge in [0, 0.05) is 18.0 Å². The van der Waals surface area contributed by atoms with Crippen LogP contribution in [-0.2, 0) is 4.79 Å². The van der Waals surface area contributed by atoms with E-state index in [0.717, 1.165) is 5.76 Å². The number of nitrogens with zero attached hydrogens (tertiary/aromatic N) is 1. The second-order valence-electron chi connectivity index (χ2n) is 5.72. The monoisotopic (exact) mass is 314 g/mol. The number of halogens is 1. The summed E-state index contributed by atoms with van der Waals surface area (Å²) in [7, 11) is 0. The summed E-state index contributed by atoms with van der Waals surface area (Å²) in [6, 6.07) is 3.45. The van der Waals surface area contributed by atoms with Crippen molar-refractivity contribution in [3.63, 3.8) is 0 Å². The summed E-state index contributed by atoms with van der Waals surface area (Å²) in [4.78, 5) is 14.0. The van der Waals surface area contributed by atoms with E-state index in [2.05, 4.69) is 15.9 Å². The van der Waals surface area contributed by atoms with Crippen molar-refractivity contribution in [2.75, 3.05) is 0 Å². The Hall–Kier alpha value is -0.810. The predicted molar refractivity (Wildman–Crippen MR) is 73.0 cm³/mol. The average Bonchev–Trinajstić information content (AvgIpc) is 2.66. The number of amides is 1. The van der Waals surface area contributed by atoms with Crippen LogP contribution in [0, 0.1) is 0 Å². The van der Waals surface area contributed by atoms with Crippen molar-refractivity contribution in [1.82, 2.24) is 4.90 Å². The first-order chi connectivity index (χ1) is 8.30. The fourth-order valence-electron chi connectivity index (χ4n) is 2.53. The molecule has 1 aliphatic heterocycles. The van der Waals surface area contributed by atoms with Gasteiger partial charge in [-0.1, -0.05) is 0 Å². The molecule has 0 radical (unpaired) electrons. The average molecular weight is 315 g/mol. The number of likely N-dealkylation sites (tertiary alicyclic amines) is 1. The van der Waals surface area contributed by atoms with Gasteiger partial charge >= 0.3 is 0 Å². The Labute approximate surface area is 116 Å². The van der Waals surface area contributed by atoms with E-state index in [4.69, 9.17) is 10.2 Å². The lowest BCUT2D eigenvalue weighted by molar-refractivity contribution is -0.144. The number of rotatable bonds is 1. The first-order valence-electron chi connectivity index (χ1n) is 6.13. The van der Waals surface area contributed by atoms with Gasteiger partial charge in [0.1, 0.15) is 11.8 Å². The molecule has 2 heterocycles. The van der Waals surface area contributed by atoms with Crippen molar-refractivity contribution in [1.29, 1.82) is 0 Å². The first-order valence-corrected chi connectivity index (χ1v) is 6.93. The molecule has 1 aliphatic rings. The van der Waals surface area contributed by atoms with Crippen molar-refractivity contribution in [3.8, 4) is 0 Å². The van der Waals surface area contributed by atoms with E-state index in [9.17, 15) is 4.79 Å². The lowest BCUT2D eigenvalue weighted by Gasteiger charge is -2.46. The largest absolute Gasteiger partial charge is 0.452 e. The molecule has 0 spiro atoms. The number of carbonyl (C=O) groups excluding carboxylic acids is 1. The number of piperidine rings is 1. The molecule has 0 bridgehead atoms. The van der Waals surface area contributed by atoms with Crippen LogP contribution in [0.15, 0.2) is 21.2 Å². The molecular weight excluding hydrogens is 296 g/mol. The zero-order valence-corrected chi connectivity index (χ0v) is 12.5. The molecule has 1 aromatic rings. The van der Waals surface area contributed by atoms with Crippen LogP contribution in [0.25, 0.3) is 0 Å². The minimum absolute atomic E-state index is 0.0834. The zero-order valence-electron chi connectivity index (χ0n) is 10.9. The smallest absolute Gasteiger partial charge is 0.223 e. The third-order valence-electron chi connectivity index (χ3n) is 3.25. The maximum absolute atomic E-state index is 12.2. The molecule has 0 aliphatic carbocycles. The van der Waals surface area contributed by atoms with Crippen LogP contribution < -0.4 is 5.73 Å². The molecule has 2 unspecified atom stereocenters. The van der Waals surface area contributed by atoms with Gasteiger partial charge in [-0.15, -0.1) is 0 Å². The molecule has 2 atom stereocenters.